The number of allylic oxidation sites excluding steroid dienone is 2. The number of rotatable bonds is 2. The Balaban J connectivity index is 0.000000306. The van der Waals surface area contributed by atoms with Crippen molar-refractivity contribution in [3.63, 3.8) is 0 Å². The molecule has 4 aromatic rings. The van der Waals surface area contributed by atoms with Gasteiger partial charge in [0.25, 0.3) is 0 Å². The van der Waals surface area contributed by atoms with Crippen LogP contribution in [0.3, 0.4) is 0 Å². The topological polar surface area (TPSA) is 55.1 Å². The van der Waals surface area contributed by atoms with Crippen LogP contribution in [-0.2, 0) is 31.9 Å². The number of benzene rings is 2. The number of hydrogen-bond donors (Lipinski definition) is 1. The largest absolute Gasteiger partial charge is 0.512 e. The zero-order valence-electron chi connectivity index (χ0n) is 15.9. The minimum Gasteiger partial charge on any atom is -0.512 e. The molecule has 0 aliphatic carbocycles. The number of carbonyl (C=O) groups is 1. The summed E-state index contributed by atoms with van der Waals surface area (Å²) in [4.78, 5) is 14.4. The van der Waals surface area contributed by atoms with Gasteiger partial charge in [-0.2, -0.15) is 0 Å². The Hall–Kier alpha value is -2.75. The number of aromatic nitrogens is 2. The molecule has 0 saturated heterocycles. The summed E-state index contributed by atoms with van der Waals surface area (Å²) in [6.45, 7) is 2.85. The van der Waals surface area contributed by atoms with Crippen molar-refractivity contribution in [1.29, 1.82) is 0 Å². The van der Waals surface area contributed by atoms with Crippen LogP contribution in [0.2, 0.25) is 0 Å². The van der Waals surface area contributed by atoms with Crippen molar-refractivity contribution in [3.05, 3.63) is 78.7 Å². The molecule has 4 nitrogen and oxygen atoms in total. The quantitative estimate of drug-likeness (QED) is 0.212. The number of fused-ring (bicyclic) bond motifs is 3. The summed E-state index contributed by atoms with van der Waals surface area (Å²) in [5.74, 6) is -0.0625. The Morgan fingerprint density at radius 1 is 1.07 bits per heavy atom. The van der Waals surface area contributed by atoms with Crippen LogP contribution in [0.5, 0.6) is 0 Å². The Morgan fingerprint density at radius 3 is 2.39 bits per heavy atom. The van der Waals surface area contributed by atoms with Gasteiger partial charge < -0.3 is 14.7 Å². The maximum absolute atomic E-state index is 10.0. The number of aliphatic hydroxyl groups excluding tert-OH is 1. The summed E-state index contributed by atoms with van der Waals surface area (Å²) in [5.41, 5.74) is 4.45. The molecule has 0 bridgehead atoms. The van der Waals surface area contributed by atoms with Crippen molar-refractivity contribution in [1.82, 2.24) is 9.55 Å². The van der Waals surface area contributed by atoms with E-state index in [2.05, 4.69) is 59.1 Å². The number of aryl methyl sites for hydroxylation is 1. The van der Waals surface area contributed by atoms with E-state index >= 15 is 0 Å². The smallest absolute Gasteiger partial charge is 0.155 e. The molecule has 2 aromatic carbocycles. The van der Waals surface area contributed by atoms with E-state index in [1.807, 2.05) is 24.4 Å². The van der Waals surface area contributed by atoms with Crippen molar-refractivity contribution in [2.24, 2.45) is 7.05 Å². The molecular weight excluding hydrogens is 528 g/mol. The van der Waals surface area contributed by atoms with Crippen LogP contribution in [0.15, 0.2) is 72.6 Å². The molecule has 0 fully saturated rings. The third-order valence-corrected chi connectivity index (χ3v) is 4.20. The average Bonchev–Trinajstić information content (AvgIpc) is 2.94. The average molecular weight is 550 g/mol. The fraction of sp³-hybridized carbons (Fsp3) is 0.130. The van der Waals surface area contributed by atoms with Gasteiger partial charge in [0, 0.05) is 44.9 Å². The Labute approximate surface area is 177 Å². The van der Waals surface area contributed by atoms with Crippen molar-refractivity contribution in [3.8, 4) is 11.3 Å². The summed E-state index contributed by atoms with van der Waals surface area (Å²) in [6.07, 6.45) is 2.98. The zero-order valence-corrected chi connectivity index (χ0v) is 18.3. The summed E-state index contributed by atoms with van der Waals surface area (Å²) in [5, 5.41) is 10.9. The van der Waals surface area contributed by atoms with Crippen LogP contribution in [0.4, 0.5) is 0 Å². The van der Waals surface area contributed by atoms with Gasteiger partial charge in [-0.25, -0.2) is 0 Å². The van der Waals surface area contributed by atoms with E-state index in [-0.39, 0.29) is 31.6 Å². The molecule has 5 heteroatoms. The number of hydrogen-bond acceptors (Lipinski definition) is 3. The third-order valence-electron chi connectivity index (χ3n) is 4.20. The van der Waals surface area contributed by atoms with Gasteiger partial charge in [-0.3, -0.25) is 4.79 Å². The molecule has 0 atom stereocenters. The molecule has 145 valence electrons. The van der Waals surface area contributed by atoms with E-state index in [0.29, 0.717) is 0 Å². The van der Waals surface area contributed by atoms with Gasteiger partial charge in [0.05, 0.1) is 5.76 Å². The van der Waals surface area contributed by atoms with Crippen LogP contribution in [0.1, 0.15) is 13.8 Å². The number of para-hydroxylation sites is 1. The molecule has 0 aliphatic heterocycles. The Bertz CT molecular complexity index is 1130. The van der Waals surface area contributed by atoms with Gasteiger partial charge in [-0.05, 0) is 42.6 Å². The van der Waals surface area contributed by atoms with E-state index in [1.54, 1.807) is 0 Å². The summed E-state index contributed by atoms with van der Waals surface area (Å²) in [7, 11) is 2.10. The van der Waals surface area contributed by atoms with E-state index in [4.69, 9.17) is 5.11 Å². The maximum atomic E-state index is 10.0. The number of pyridine rings is 1. The second kappa shape index (κ2) is 9.45. The van der Waals surface area contributed by atoms with Gasteiger partial charge in [0.2, 0.25) is 0 Å². The molecule has 0 unspecified atom stereocenters. The minimum atomic E-state index is -0.125. The first-order valence-corrected chi connectivity index (χ1v) is 8.65. The number of aliphatic hydroxyl groups is 1. The Kier molecular flexibility index (Phi) is 7.27. The summed E-state index contributed by atoms with van der Waals surface area (Å²) >= 11 is 0. The van der Waals surface area contributed by atoms with Crippen LogP contribution in [0, 0.1) is 6.07 Å². The molecule has 0 aliphatic rings. The SMILES string of the molecule is CC(=O)C=C(C)O.Cn1c2ccccc2c2c[c-]c(-c3ccccn3)cc21.[Ir]. The molecule has 0 spiro atoms. The first-order chi connectivity index (χ1) is 13.0. The molecule has 28 heavy (non-hydrogen) atoms. The third kappa shape index (κ3) is 4.75. The van der Waals surface area contributed by atoms with Crippen molar-refractivity contribution in [2.75, 3.05) is 0 Å². The van der Waals surface area contributed by atoms with Crippen LogP contribution in [-0.4, -0.2) is 20.4 Å². The molecule has 4 rings (SSSR count). The van der Waals surface area contributed by atoms with Crippen molar-refractivity contribution >= 4 is 27.6 Å². The predicted octanol–water partition coefficient (Wildman–Crippen LogP) is 5.23. The first-order valence-electron chi connectivity index (χ1n) is 8.65. The normalized spacial score (nSPS) is 10.9. The fourth-order valence-electron chi connectivity index (χ4n) is 3.06. The summed E-state index contributed by atoms with van der Waals surface area (Å²) in [6, 6.07) is 22.0. The Morgan fingerprint density at radius 2 is 1.79 bits per heavy atom. The van der Waals surface area contributed by atoms with Crippen LogP contribution in [0.25, 0.3) is 33.1 Å². The van der Waals surface area contributed by atoms with Crippen LogP contribution >= 0.6 is 0 Å². The molecule has 0 saturated carbocycles. The van der Waals surface area contributed by atoms with Crippen LogP contribution < -0.4 is 0 Å². The maximum Gasteiger partial charge on any atom is 0.155 e. The van der Waals surface area contributed by atoms with E-state index in [0.717, 1.165) is 11.3 Å². The monoisotopic (exact) mass is 550 g/mol. The van der Waals surface area contributed by atoms with E-state index < -0.39 is 0 Å². The molecular formula is C23H21IrN2O2-. The number of ketones is 1. The molecule has 0 amide bonds. The fourth-order valence-corrected chi connectivity index (χ4v) is 3.06. The molecule has 2 aromatic heterocycles. The first kappa shape index (κ1) is 21.5. The zero-order chi connectivity index (χ0) is 19.4. The number of nitrogens with zero attached hydrogens (tertiary/aromatic N) is 2. The van der Waals surface area contributed by atoms with Gasteiger partial charge in [0.15, 0.2) is 5.78 Å². The second-order valence-corrected chi connectivity index (χ2v) is 6.33. The van der Waals surface area contributed by atoms with Gasteiger partial charge >= 0.3 is 0 Å². The standard InChI is InChI=1S/C18H13N2.C5H8O2.Ir/c1-20-17-8-3-2-6-14(17)15-10-9-13(12-18(15)20)16-7-4-5-11-19-16;1-4(6)3-5(2)7;/h2-8,10-12H,1H3;3,6H,1-2H3;/q-1;;. The minimum absolute atomic E-state index is 0. The predicted molar refractivity (Wildman–Crippen MR) is 110 cm³/mol. The summed E-state index contributed by atoms with van der Waals surface area (Å²) < 4.78 is 2.23. The molecule has 1 N–H and O–H groups in total. The van der Waals surface area contributed by atoms with Crippen molar-refractivity contribution < 1.29 is 30.0 Å². The van der Waals surface area contributed by atoms with Gasteiger partial charge in [-0.1, -0.05) is 35.7 Å². The van der Waals surface area contributed by atoms with Gasteiger partial charge in [0.1, 0.15) is 0 Å². The van der Waals surface area contributed by atoms with Crippen molar-refractivity contribution in [2.45, 2.75) is 13.8 Å². The second-order valence-electron chi connectivity index (χ2n) is 6.33. The molecule has 2 heterocycles. The van der Waals surface area contributed by atoms with E-state index in [9.17, 15) is 4.79 Å². The molecule has 1 radical (unpaired) electrons. The van der Waals surface area contributed by atoms with E-state index in [1.165, 1.54) is 41.7 Å². The number of carbonyl (C=O) groups excluding carboxylic acids is 1. The van der Waals surface area contributed by atoms with Gasteiger partial charge in [-0.15, -0.1) is 23.8 Å².